The number of nitrogens with zero attached hydrogens (tertiary/aromatic N) is 1. The van der Waals surface area contributed by atoms with Crippen LogP contribution in [-0.4, -0.2) is 35.0 Å². The molecule has 2 atom stereocenters. The summed E-state index contributed by atoms with van der Waals surface area (Å²) in [7, 11) is 0. The smallest absolute Gasteiger partial charge is 0.308 e. The maximum atomic E-state index is 11.7. The molecular weight excluding hydrogens is 218 g/mol. The number of carboxylic acid groups (broad SMARTS) is 1. The van der Waals surface area contributed by atoms with Gasteiger partial charge in [-0.2, -0.15) is 0 Å². The second-order valence-electron chi connectivity index (χ2n) is 4.95. The van der Waals surface area contributed by atoms with Crippen LogP contribution in [0.1, 0.15) is 46.0 Å². The van der Waals surface area contributed by atoms with Crippen molar-refractivity contribution in [1.29, 1.82) is 0 Å². The van der Waals surface area contributed by atoms with E-state index in [2.05, 4.69) is 13.8 Å². The maximum absolute atomic E-state index is 11.7. The Morgan fingerprint density at radius 1 is 1.53 bits per heavy atom. The highest BCUT2D eigenvalue weighted by molar-refractivity contribution is 5.86. The molecule has 4 heteroatoms. The van der Waals surface area contributed by atoms with Crippen molar-refractivity contribution >= 4 is 11.9 Å². The van der Waals surface area contributed by atoms with Gasteiger partial charge in [-0.1, -0.05) is 33.1 Å². The highest BCUT2D eigenvalue weighted by Crippen LogP contribution is 2.22. The lowest BCUT2D eigenvalue weighted by molar-refractivity contribution is -0.141. The number of unbranched alkanes of at least 4 members (excludes halogenated alkanes) is 1. The summed E-state index contributed by atoms with van der Waals surface area (Å²) in [5.41, 5.74) is 0. The third kappa shape index (κ3) is 4.02. The SMILES string of the molecule is CCCC[C@H](CC)CN1C[C@@H](C(=O)O)CC1=O. The third-order valence-electron chi connectivity index (χ3n) is 3.59. The van der Waals surface area contributed by atoms with E-state index in [9.17, 15) is 9.59 Å². The van der Waals surface area contributed by atoms with Crippen LogP contribution < -0.4 is 0 Å². The first-order valence-electron chi connectivity index (χ1n) is 6.59. The predicted molar refractivity (Wildman–Crippen MR) is 65.6 cm³/mol. The molecule has 1 fully saturated rings. The molecule has 0 bridgehead atoms. The fraction of sp³-hybridized carbons (Fsp3) is 0.846. The molecule has 1 aliphatic heterocycles. The van der Waals surface area contributed by atoms with E-state index in [-0.39, 0.29) is 12.3 Å². The number of aliphatic carboxylic acids is 1. The van der Waals surface area contributed by atoms with Gasteiger partial charge in [-0.15, -0.1) is 0 Å². The van der Waals surface area contributed by atoms with Gasteiger partial charge in [-0.05, 0) is 12.3 Å². The van der Waals surface area contributed by atoms with Crippen molar-refractivity contribution in [2.75, 3.05) is 13.1 Å². The summed E-state index contributed by atoms with van der Waals surface area (Å²) in [5, 5.41) is 8.90. The van der Waals surface area contributed by atoms with Crippen molar-refractivity contribution in [3.05, 3.63) is 0 Å². The summed E-state index contributed by atoms with van der Waals surface area (Å²) in [6.45, 7) is 5.43. The van der Waals surface area contributed by atoms with E-state index in [1.807, 2.05) is 0 Å². The second kappa shape index (κ2) is 6.62. The average molecular weight is 241 g/mol. The Bertz CT molecular complexity index is 278. The van der Waals surface area contributed by atoms with Crippen molar-refractivity contribution < 1.29 is 14.7 Å². The molecule has 1 heterocycles. The number of carbonyl (C=O) groups excluding carboxylic acids is 1. The number of hydrogen-bond acceptors (Lipinski definition) is 2. The molecule has 98 valence electrons. The van der Waals surface area contributed by atoms with Gasteiger partial charge in [-0.25, -0.2) is 0 Å². The first-order chi connectivity index (χ1) is 8.08. The minimum Gasteiger partial charge on any atom is -0.481 e. The van der Waals surface area contributed by atoms with Crippen molar-refractivity contribution in [3.63, 3.8) is 0 Å². The molecule has 0 saturated carbocycles. The Morgan fingerprint density at radius 2 is 2.24 bits per heavy atom. The van der Waals surface area contributed by atoms with Gasteiger partial charge in [0.1, 0.15) is 0 Å². The predicted octanol–water partition coefficient (Wildman–Crippen LogP) is 2.14. The van der Waals surface area contributed by atoms with Gasteiger partial charge in [-0.3, -0.25) is 9.59 Å². The number of rotatable bonds is 7. The number of carbonyl (C=O) groups is 2. The Kier molecular flexibility index (Phi) is 5.45. The Labute approximate surface area is 103 Å². The monoisotopic (exact) mass is 241 g/mol. The zero-order valence-electron chi connectivity index (χ0n) is 10.8. The molecule has 1 rings (SSSR count). The summed E-state index contributed by atoms with van der Waals surface area (Å²) in [4.78, 5) is 24.3. The van der Waals surface area contributed by atoms with Crippen LogP contribution in [-0.2, 0) is 9.59 Å². The van der Waals surface area contributed by atoms with Crippen LogP contribution in [0.2, 0.25) is 0 Å². The molecule has 0 aromatic rings. The lowest BCUT2D eigenvalue weighted by atomic mass is 9.99. The highest BCUT2D eigenvalue weighted by Gasteiger charge is 2.34. The largest absolute Gasteiger partial charge is 0.481 e. The van der Waals surface area contributed by atoms with Crippen molar-refractivity contribution in [3.8, 4) is 0 Å². The first kappa shape index (κ1) is 14.0. The van der Waals surface area contributed by atoms with Crippen LogP contribution in [0.25, 0.3) is 0 Å². The number of hydrogen-bond donors (Lipinski definition) is 1. The van der Waals surface area contributed by atoms with E-state index < -0.39 is 11.9 Å². The lowest BCUT2D eigenvalue weighted by Crippen LogP contribution is -2.31. The topological polar surface area (TPSA) is 57.6 Å². The van der Waals surface area contributed by atoms with E-state index in [1.165, 1.54) is 12.8 Å². The minimum atomic E-state index is -0.845. The Hall–Kier alpha value is -1.06. The summed E-state index contributed by atoms with van der Waals surface area (Å²) < 4.78 is 0. The standard InChI is InChI=1S/C13H23NO3/c1-3-5-6-10(4-2)8-14-9-11(13(16)17)7-12(14)15/h10-11H,3-9H2,1-2H3,(H,16,17)/t10-,11-/m0/s1. The van der Waals surface area contributed by atoms with Gasteiger partial charge in [0.15, 0.2) is 0 Å². The molecule has 1 amide bonds. The number of likely N-dealkylation sites (tertiary alicyclic amines) is 1. The normalized spacial score (nSPS) is 21.9. The zero-order valence-corrected chi connectivity index (χ0v) is 10.8. The Balaban J connectivity index is 2.44. The average Bonchev–Trinajstić information content (AvgIpc) is 2.66. The molecule has 0 aliphatic carbocycles. The van der Waals surface area contributed by atoms with Crippen molar-refractivity contribution in [2.24, 2.45) is 11.8 Å². The maximum Gasteiger partial charge on any atom is 0.308 e. The molecule has 1 saturated heterocycles. The molecule has 0 aromatic heterocycles. The molecule has 1 aliphatic rings. The highest BCUT2D eigenvalue weighted by atomic mass is 16.4. The van der Waals surface area contributed by atoms with Gasteiger partial charge in [0.25, 0.3) is 0 Å². The fourth-order valence-electron chi connectivity index (χ4n) is 2.34. The van der Waals surface area contributed by atoms with E-state index in [0.717, 1.165) is 19.4 Å². The van der Waals surface area contributed by atoms with Crippen LogP contribution in [0.15, 0.2) is 0 Å². The van der Waals surface area contributed by atoms with E-state index in [0.29, 0.717) is 12.5 Å². The molecule has 0 aromatic carbocycles. The molecule has 4 nitrogen and oxygen atoms in total. The van der Waals surface area contributed by atoms with Crippen LogP contribution in [0.5, 0.6) is 0 Å². The van der Waals surface area contributed by atoms with Crippen LogP contribution in [0, 0.1) is 11.8 Å². The van der Waals surface area contributed by atoms with Gasteiger partial charge < -0.3 is 10.0 Å². The molecular formula is C13H23NO3. The lowest BCUT2D eigenvalue weighted by Gasteiger charge is -2.22. The minimum absolute atomic E-state index is 0.00680. The fourth-order valence-corrected chi connectivity index (χ4v) is 2.34. The summed E-state index contributed by atoms with van der Waals surface area (Å²) >= 11 is 0. The second-order valence-corrected chi connectivity index (χ2v) is 4.95. The third-order valence-corrected chi connectivity index (χ3v) is 3.59. The summed E-state index contributed by atoms with van der Waals surface area (Å²) in [5.74, 6) is -0.813. The van der Waals surface area contributed by atoms with Gasteiger partial charge in [0, 0.05) is 19.5 Å². The van der Waals surface area contributed by atoms with Crippen LogP contribution in [0.4, 0.5) is 0 Å². The Morgan fingerprint density at radius 3 is 2.71 bits per heavy atom. The molecule has 0 unspecified atom stereocenters. The van der Waals surface area contributed by atoms with Crippen molar-refractivity contribution in [2.45, 2.75) is 46.0 Å². The van der Waals surface area contributed by atoms with E-state index >= 15 is 0 Å². The van der Waals surface area contributed by atoms with Crippen molar-refractivity contribution in [1.82, 2.24) is 4.90 Å². The number of amides is 1. The first-order valence-corrected chi connectivity index (χ1v) is 6.59. The molecule has 0 radical (unpaired) electrons. The van der Waals surface area contributed by atoms with E-state index in [4.69, 9.17) is 5.11 Å². The molecule has 0 spiro atoms. The molecule has 17 heavy (non-hydrogen) atoms. The van der Waals surface area contributed by atoms with Crippen LogP contribution in [0.3, 0.4) is 0 Å². The zero-order chi connectivity index (χ0) is 12.8. The summed E-state index contributed by atoms with van der Waals surface area (Å²) in [6, 6.07) is 0. The van der Waals surface area contributed by atoms with Gasteiger partial charge >= 0.3 is 5.97 Å². The van der Waals surface area contributed by atoms with Crippen LogP contribution >= 0.6 is 0 Å². The van der Waals surface area contributed by atoms with E-state index in [1.54, 1.807) is 4.90 Å². The molecule has 1 N–H and O–H groups in total. The quantitative estimate of drug-likeness (QED) is 0.743. The van der Waals surface area contributed by atoms with Gasteiger partial charge in [0.05, 0.1) is 5.92 Å². The summed E-state index contributed by atoms with van der Waals surface area (Å²) in [6.07, 6.45) is 4.72. The number of carboxylic acids is 1. The van der Waals surface area contributed by atoms with Gasteiger partial charge in [0.2, 0.25) is 5.91 Å².